The van der Waals surface area contributed by atoms with Gasteiger partial charge in [0.15, 0.2) is 0 Å². The molecular formula is C14H21NO4S. The summed E-state index contributed by atoms with van der Waals surface area (Å²) in [5.41, 5.74) is -0.302. The number of ketones is 2. The first kappa shape index (κ1) is 16.9. The summed E-state index contributed by atoms with van der Waals surface area (Å²) in [6, 6.07) is -0.877. The highest BCUT2D eigenvalue weighted by Crippen LogP contribution is 2.33. The minimum absolute atomic E-state index is 0.163. The summed E-state index contributed by atoms with van der Waals surface area (Å²) in [5, 5.41) is 9.05. The molecule has 6 heteroatoms. The van der Waals surface area contributed by atoms with Crippen LogP contribution in [-0.2, 0) is 14.4 Å². The number of carbonyl (C=O) groups is 3. The number of rotatable bonds is 6. The molecular weight excluding hydrogens is 278 g/mol. The molecule has 0 aromatic heterocycles. The van der Waals surface area contributed by atoms with E-state index >= 15 is 0 Å². The molecule has 1 rings (SSSR count). The summed E-state index contributed by atoms with van der Waals surface area (Å²) in [6.07, 6.45) is 4.20. The first-order valence-electron chi connectivity index (χ1n) is 6.57. The molecule has 0 radical (unpaired) electrons. The number of Topliss-reactive ketones (excluding diaryl/α,β-unsaturated/α-hetero) is 2. The second-order valence-corrected chi connectivity index (χ2v) is 6.85. The van der Waals surface area contributed by atoms with Crippen LogP contribution in [0, 0.1) is 11.3 Å². The van der Waals surface area contributed by atoms with E-state index in [2.05, 4.69) is 4.99 Å². The molecule has 1 fully saturated rings. The van der Waals surface area contributed by atoms with Crippen LogP contribution in [0.25, 0.3) is 0 Å². The zero-order valence-corrected chi connectivity index (χ0v) is 12.9. The van der Waals surface area contributed by atoms with E-state index in [1.165, 1.54) is 18.0 Å². The largest absolute Gasteiger partial charge is 0.480 e. The number of carboxylic acid groups (broad SMARTS) is 1. The van der Waals surface area contributed by atoms with Gasteiger partial charge in [-0.3, -0.25) is 14.6 Å². The van der Waals surface area contributed by atoms with Gasteiger partial charge in [0.25, 0.3) is 0 Å². The van der Waals surface area contributed by atoms with Crippen molar-refractivity contribution >= 4 is 35.5 Å². The van der Waals surface area contributed by atoms with E-state index in [-0.39, 0.29) is 17.0 Å². The van der Waals surface area contributed by atoms with Crippen LogP contribution >= 0.6 is 11.8 Å². The SMILES string of the molecule is CSCC[C@H](N=CC1C(=O)CC(C)(C)CC1=O)C(=O)O. The van der Waals surface area contributed by atoms with Gasteiger partial charge in [-0.15, -0.1) is 0 Å². The summed E-state index contributed by atoms with van der Waals surface area (Å²) in [4.78, 5) is 38.9. The Morgan fingerprint density at radius 2 is 2.00 bits per heavy atom. The van der Waals surface area contributed by atoms with Gasteiger partial charge in [0.2, 0.25) is 0 Å². The highest BCUT2D eigenvalue weighted by Gasteiger charge is 2.38. The number of aliphatic carboxylic acids is 1. The fraction of sp³-hybridized carbons (Fsp3) is 0.714. The highest BCUT2D eigenvalue weighted by atomic mass is 32.2. The Morgan fingerprint density at radius 3 is 2.45 bits per heavy atom. The first-order valence-corrected chi connectivity index (χ1v) is 7.96. The van der Waals surface area contributed by atoms with Crippen molar-refractivity contribution in [1.82, 2.24) is 0 Å². The molecule has 1 aliphatic rings. The highest BCUT2D eigenvalue weighted by molar-refractivity contribution is 7.98. The predicted octanol–water partition coefficient (Wildman–Crippen LogP) is 1.84. The van der Waals surface area contributed by atoms with Crippen LogP contribution < -0.4 is 0 Å². The molecule has 0 aromatic rings. The van der Waals surface area contributed by atoms with Crippen molar-refractivity contribution in [3.05, 3.63) is 0 Å². The van der Waals surface area contributed by atoms with Gasteiger partial charge >= 0.3 is 5.97 Å². The minimum Gasteiger partial charge on any atom is -0.480 e. The summed E-state index contributed by atoms with van der Waals surface area (Å²) in [6.45, 7) is 3.77. The lowest BCUT2D eigenvalue weighted by molar-refractivity contribution is -0.139. The van der Waals surface area contributed by atoms with Gasteiger partial charge in [-0.05, 0) is 23.8 Å². The van der Waals surface area contributed by atoms with E-state index in [1.807, 2.05) is 20.1 Å². The molecule has 20 heavy (non-hydrogen) atoms. The molecule has 5 nitrogen and oxygen atoms in total. The third-order valence-corrected chi connectivity index (χ3v) is 3.94. The second-order valence-electron chi connectivity index (χ2n) is 5.86. The average molecular weight is 299 g/mol. The first-order chi connectivity index (χ1) is 9.26. The summed E-state index contributed by atoms with van der Waals surface area (Å²) < 4.78 is 0. The van der Waals surface area contributed by atoms with Gasteiger partial charge in [-0.2, -0.15) is 11.8 Å². The lowest BCUT2D eigenvalue weighted by Gasteiger charge is -2.30. The zero-order chi connectivity index (χ0) is 15.3. The molecule has 0 spiro atoms. The number of thioether (sulfide) groups is 1. The Labute approximate surface area is 123 Å². The lowest BCUT2D eigenvalue weighted by Crippen LogP contribution is -2.38. The molecule has 1 N–H and O–H groups in total. The van der Waals surface area contributed by atoms with E-state index in [1.54, 1.807) is 0 Å². The predicted molar refractivity (Wildman–Crippen MR) is 79.4 cm³/mol. The second kappa shape index (κ2) is 7.02. The molecule has 1 atom stereocenters. The Hall–Kier alpha value is -1.17. The summed E-state index contributed by atoms with van der Waals surface area (Å²) in [5.74, 6) is -1.54. The fourth-order valence-corrected chi connectivity index (χ4v) is 2.71. The van der Waals surface area contributed by atoms with Crippen LogP contribution in [0.1, 0.15) is 33.1 Å². The maximum Gasteiger partial charge on any atom is 0.328 e. The summed E-state index contributed by atoms with van der Waals surface area (Å²) >= 11 is 1.54. The van der Waals surface area contributed by atoms with E-state index in [0.717, 1.165) is 0 Å². The van der Waals surface area contributed by atoms with Crippen molar-refractivity contribution in [3.8, 4) is 0 Å². The van der Waals surface area contributed by atoms with Gasteiger partial charge in [-0.1, -0.05) is 13.8 Å². The maximum atomic E-state index is 12.0. The van der Waals surface area contributed by atoms with Crippen LogP contribution in [0.3, 0.4) is 0 Å². The molecule has 0 heterocycles. The Bertz CT molecular complexity index is 411. The summed E-state index contributed by atoms with van der Waals surface area (Å²) in [7, 11) is 0. The molecule has 0 amide bonds. The smallest absolute Gasteiger partial charge is 0.328 e. The Kier molecular flexibility index (Phi) is 5.92. The van der Waals surface area contributed by atoms with Gasteiger partial charge < -0.3 is 5.11 Å². The van der Waals surface area contributed by atoms with Gasteiger partial charge in [0.1, 0.15) is 23.5 Å². The van der Waals surface area contributed by atoms with Crippen molar-refractivity contribution in [2.75, 3.05) is 12.0 Å². The lowest BCUT2D eigenvalue weighted by atomic mass is 9.72. The van der Waals surface area contributed by atoms with Crippen LogP contribution in [0.15, 0.2) is 4.99 Å². The molecule has 0 aromatic carbocycles. The number of aliphatic imine (C=N–C) groups is 1. The third-order valence-electron chi connectivity index (χ3n) is 3.29. The molecule has 1 saturated carbocycles. The zero-order valence-electron chi connectivity index (χ0n) is 12.1. The molecule has 0 bridgehead atoms. The monoisotopic (exact) mass is 299 g/mol. The Balaban J connectivity index is 2.74. The van der Waals surface area contributed by atoms with Crippen molar-refractivity contribution < 1.29 is 19.5 Å². The maximum absolute atomic E-state index is 12.0. The Morgan fingerprint density at radius 1 is 1.45 bits per heavy atom. The van der Waals surface area contributed by atoms with Crippen LogP contribution in [0.5, 0.6) is 0 Å². The number of nitrogens with zero attached hydrogens (tertiary/aromatic N) is 1. The van der Waals surface area contributed by atoms with Crippen molar-refractivity contribution in [2.45, 2.75) is 39.2 Å². The standard InChI is InChI=1S/C14H21NO4S/c1-14(2)6-11(16)9(12(17)7-14)8-15-10(13(18)19)4-5-20-3/h8-10H,4-7H2,1-3H3,(H,18,19)/t10-/m0/s1. The quantitative estimate of drug-likeness (QED) is 0.597. The number of hydrogen-bond donors (Lipinski definition) is 1. The van der Waals surface area contributed by atoms with Gasteiger partial charge in [0.05, 0.1) is 0 Å². The topological polar surface area (TPSA) is 83.8 Å². The number of hydrogen-bond acceptors (Lipinski definition) is 5. The average Bonchev–Trinajstić information content (AvgIpc) is 2.29. The van der Waals surface area contributed by atoms with E-state index in [4.69, 9.17) is 5.11 Å². The molecule has 0 unspecified atom stereocenters. The van der Waals surface area contributed by atoms with Crippen molar-refractivity contribution in [2.24, 2.45) is 16.3 Å². The molecule has 1 aliphatic carbocycles. The van der Waals surface area contributed by atoms with Gasteiger partial charge in [-0.25, -0.2) is 4.79 Å². The van der Waals surface area contributed by atoms with Crippen molar-refractivity contribution in [3.63, 3.8) is 0 Å². The van der Waals surface area contributed by atoms with Crippen LogP contribution in [0.4, 0.5) is 0 Å². The molecule has 0 aliphatic heterocycles. The van der Waals surface area contributed by atoms with Crippen LogP contribution in [0.2, 0.25) is 0 Å². The fourth-order valence-electron chi connectivity index (χ4n) is 2.25. The van der Waals surface area contributed by atoms with E-state index < -0.39 is 17.9 Å². The normalized spacial score (nSPS) is 21.4. The van der Waals surface area contributed by atoms with Gasteiger partial charge in [0, 0.05) is 19.1 Å². The minimum atomic E-state index is -1.02. The third kappa shape index (κ3) is 4.74. The number of carbonyl (C=O) groups excluding carboxylic acids is 2. The molecule has 0 saturated heterocycles. The van der Waals surface area contributed by atoms with E-state index in [0.29, 0.717) is 25.0 Å². The van der Waals surface area contributed by atoms with Crippen molar-refractivity contribution in [1.29, 1.82) is 0 Å². The van der Waals surface area contributed by atoms with Crippen LogP contribution in [-0.4, -0.2) is 46.9 Å². The number of carboxylic acids is 1. The van der Waals surface area contributed by atoms with E-state index in [9.17, 15) is 14.4 Å². The molecule has 112 valence electrons.